The van der Waals surface area contributed by atoms with Crippen molar-refractivity contribution in [3.63, 3.8) is 0 Å². The lowest BCUT2D eigenvalue weighted by atomic mass is 9.90. The number of nitrogens with zero attached hydrogens (tertiary/aromatic N) is 5. The number of hydrogen-bond donors (Lipinski definition) is 2. The van der Waals surface area contributed by atoms with Gasteiger partial charge in [0, 0.05) is 31.9 Å². The number of fused-ring (bicyclic) bond motifs is 2. The zero-order chi connectivity index (χ0) is 20.7. The summed E-state index contributed by atoms with van der Waals surface area (Å²) < 4.78 is 0. The number of pyridine rings is 1. The molecule has 0 saturated carbocycles. The number of aryl methyl sites for hydroxylation is 1. The summed E-state index contributed by atoms with van der Waals surface area (Å²) in [7, 11) is 2.17. The van der Waals surface area contributed by atoms with E-state index in [4.69, 9.17) is 15.7 Å². The van der Waals surface area contributed by atoms with Crippen LogP contribution < -0.4 is 5.73 Å². The lowest BCUT2D eigenvalue weighted by Crippen LogP contribution is -2.49. The van der Waals surface area contributed by atoms with Crippen LogP contribution in [0.2, 0.25) is 0 Å². The quantitative estimate of drug-likeness (QED) is 0.764. The van der Waals surface area contributed by atoms with Gasteiger partial charge in [-0.2, -0.15) is 0 Å². The second kappa shape index (κ2) is 8.13. The molecule has 2 unspecified atom stereocenters. The minimum atomic E-state index is -0.0535. The van der Waals surface area contributed by atoms with E-state index in [1.807, 2.05) is 12.3 Å². The molecule has 7 nitrogen and oxygen atoms in total. The fourth-order valence-electron chi connectivity index (χ4n) is 5.43. The third-order valence-corrected chi connectivity index (χ3v) is 6.97. The van der Waals surface area contributed by atoms with Gasteiger partial charge in [0.05, 0.1) is 30.4 Å². The average Bonchev–Trinajstić information content (AvgIpc) is 3.35. The van der Waals surface area contributed by atoms with Crippen molar-refractivity contribution in [2.24, 2.45) is 10.7 Å². The maximum absolute atomic E-state index is 10.3. The van der Waals surface area contributed by atoms with E-state index in [-0.39, 0.29) is 24.7 Å². The van der Waals surface area contributed by atoms with Crippen LogP contribution in [-0.4, -0.2) is 82.0 Å². The highest BCUT2D eigenvalue weighted by Gasteiger charge is 2.41. The minimum absolute atomic E-state index is 0.0199. The number of likely N-dealkylation sites (N-methyl/N-ethyl adjacent to an activating group) is 1. The number of nitrogens with two attached hydrogens (primary N) is 1. The molecule has 5 rings (SSSR count). The van der Waals surface area contributed by atoms with Gasteiger partial charge in [-0.3, -0.25) is 14.9 Å². The van der Waals surface area contributed by atoms with E-state index >= 15 is 0 Å². The summed E-state index contributed by atoms with van der Waals surface area (Å²) in [6, 6.07) is 4.74. The highest BCUT2D eigenvalue weighted by molar-refractivity contribution is 5.97. The van der Waals surface area contributed by atoms with Gasteiger partial charge in [-0.05, 0) is 56.5 Å². The van der Waals surface area contributed by atoms with E-state index in [0.717, 1.165) is 50.6 Å². The Bertz CT molecular complexity index is 880. The van der Waals surface area contributed by atoms with Crippen LogP contribution in [0.1, 0.15) is 36.6 Å². The molecule has 1 saturated heterocycles. The number of aromatic nitrogens is 1. The molecule has 0 aromatic carbocycles. The Hall–Kier alpha value is -2.22. The predicted molar refractivity (Wildman–Crippen MR) is 118 cm³/mol. The van der Waals surface area contributed by atoms with Crippen molar-refractivity contribution in [3.05, 3.63) is 53.6 Å². The standard InChI is InChI=1S/C23H32N6O/c1-27(19-7-2-5-16-6-4-11-25-23(16)19)14-18-20(15-30)29-21(26-18)8-3-9-22(29)28-12-10-17(24)13-28/h3-4,6,8-9,11,17-20,30H,2,5,7,10,12-15,24H2,1H3/t17-,18?,19+,20?/m1/s1. The van der Waals surface area contributed by atoms with Crippen molar-refractivity contribution in [1.82, 2.24) is 19.7 Å². The Morgan fingerprint density at radius 2 is 2.23 bits per heavy atom. The molecule has 3 N–H and O–H groups in total. The molecule has 160 valence electrons. The molecule has 1 aromatic heterocycles. The summed E-state index contributed by atoms with van der Waals surface area (Å²) in [6.45, 7) is 2.69. The Kier molecular flexibility index (Phi) is 5.35. The molecule has 0 amide bonds. The van der Waals surface area contributed by atoms with Crippen LogP contribution in [0.4, 0.5) is 0 Å². The number of aliphatic hydroxyl groups is 1. The maximum atomic E-state index is 10.3. The topological polar surface area (TPSA) is 81.2 Å². The molecule has 1 aliphatic carbocycles. The second-order valence-electron chi connectivity index (χ2n) is 8.95. The molecule has 0 bridgehead atoms. The molecule has 0 spiro atoms. The van der Waals surface area contributed by atoms with Gasteiger partial charge in [-0.15, -0.1) is 0 Å². The van der Waals surface area contributed by atoms with Crippen LogP contribution in [0.5, 0.6) is 0 Å². The molecule has 4 atom stereocenters. The number of hydrogen-bond acceptors (Lipinski definition) is 7. The van der Waals surface area contributed by atoms with Gasteiger partial charge in [0.1, 0.15) is 11.7 Å². The smallest absolute Gasteiger partial charge is 0.129 e. The average molecular weight is 409 g/mol. The summed E-state index contributed by atoms with van der Waals surface area (Å²) in [5.41, 5.74) is 8.73. The van der Waals surface area contributed by atoms with E-state index in [1.54, 1.807) is 0 Å². The minimum Gasteiger partial charge on any atom is -0.394 e. The van der Waals surface area contributed by atoms with Gasteiger partial charge in [-0.25, -0.2) is 0 Å². The number of aliphatic hydroxyl groups excluding tert-OH is 1. The van der Waals surface area contributed by atoms with Crippen LogP contribution in [-0.2, 0) is 6.42 Å². The summed E-state index contributed by atoms with van der Waals surface area (Å²) >= 11 is 0. The van der Waals surface area contributed by atoms with Crippen molar-refractivity contribution < 1.29 is 5.11 Å². The SMILES string of the molecule is CN(CC1N=C2C=CC=C(N3CC[C@@H](N)C3)N2C1CO)[C@H]1CCCc2cccnc21. The zero-order valence-corrected chi connectivity index (χ0v) is 17.7. The number of likely N-dealkylation sites (tertiary alicyclic amines) is 1. The van der Waals surface area contributed by atoms with Crippen molar-refractivity contribution in [2.75, 3.05) is 33.3 Å². The first-order valence-electron chi connectivity index (χ1n) is 11.2. The van der Waals surface area contributed by atoms with E-state index in [1.165, 1.54) is 17.7 Å². The lowest BCUT2D eigenvalue weighted by molar-refractivity contribution is 0.138. The normalized spacial score (nSPS) is 30.4. The van der Waals surface area contributed by atoms with E-state index in [9.17, 15) is 5.11 Å². The molecular weight excluding hydrogens is 376 g/mol. The second-order valence-corrected chi connectivity index (χ2v) is 8.95. The first kappa shape index (κ1) is 19.7. The highest BCUT2D eigenvalue weighted by Crippen LogP contribution is 2.34. The number of aliphatic imine (C=N–C) groups is 1. The Morgan fingerprint density at radius 3 is 3.03 bits per heavy atom. The molecule has 4 aliphatic rings. The first-order valence-corrected chi connectivity index (χ1v) is 11.2. The van der Waals surface area contributed by atoms with Gasteiger partial charge in [0.15, 0.2) is 0 Å². The van der Waals surface area contributed by atoms with Gasteiger partial charge in [0.2, 0.25) is 0 Å². The van der Waals surface area contributed by atoms with Crippen molar-refractivity contribution in [3.8, 4) is 0 Å². The van der Waals surface area contributed by atoms with Crippen LogP contribution in [0.15, 0.2) is 47.4 Å². The molecule has 7 heteroatoms. The third-order valence-electron chi connectivity index (χ3n) is 6.97. The van der Waals surface area contributed by atoms with Crippen LogP contribution in [0.3, 0.4) is 0 Å². The van der Waals surface area contributed by atoms with Crippen molar-refractivity contribution in [1.29, 1.82) is 0 Å². The van der Waals surface area contributed by atoms with Crippen LogP contribution in [0.25, 0.3) is 0 Å². The van der Waals surface area contributed by atoms with E-state index < -0.39 is 0 Å². The van der Waals surface area contributed by atoms with Crippen LogP contribution >= 0.6 is 0 Å². The molecule has 4 heterocycles. The Labute approximate surface area is 178 Å². The molecule has 3 aliphatic heterocycles. The van der Waals surface area contributed by atoms with E-state index in [2.05, 4.69) is 46.0 Å². The number of allylic oxidation sites excluding steroid dienone is 2. The Balaban J connectivity index is 1.35. The highest BCUT2D eigenvalue weighted by atomic mass is 16.3. The molecule has 0 radical (unpaired) electrons. The predicted octanol–water partition coefficient (Wildman–Crippen LogP) is 1.28. The summed E-state index contributed by atoms with van der Waals surface area (Å²) in [5, 5.41) is 10.3. The van der Waals surface area contributed by atoms with Gasteiger partial charge in [-0.1, -0.05) is 12.1 Å². The summed E-state index contributed by atoms with van der Waals surface area (Å²) in [5.74, 6) is 2.07. The fraction of sp³-hybridized carbons (Fsp3) is 0.565. The van der Waals surface area contributed by atoms with E-state index in [0.29, 0.717) is 6.04 Å². The summed E-state index contributed by atoms with van der Waals surface area (Å²) in [4.78, 5) is 16.7. The number of rotatable bonds is 5. The monoisotopic (exact) mass is 408 g/mol. The van der Waals surface area contributed by atoms with Crippen LogP contribution in [0, 0.1) is 0 Å². The van der Waals surface area contributed by atoms with Gasteiger partial charge >= 0.3 is 0 Å². The fourth-order valence-corrected chi connectivity index (χ4v) is 5.43. The number of amidine groups is 1. The first-order chi connectivity index (χ1) is 14.7. The van der Waals surface area contributed by atoms with Gasteiger partial charge < -0.3 is 20.6 Å². The summed E-state index contributed by atoms with van der Waals surface area (Å²) in [6.07, 6.45) is 12.6. The molecule has 1 fully saturated rings. The molecule has 30 heavy (non-hydrogen) atoms. The maximum Gasteiger partial charge on any atom is 0.129 e. The van der Waals surface area contributed by atoms with Crippen molar-refractivity contribution in [2.45, 2.75) is 49.9 Å². The van der Waals surface area contributed by atoms with Gasteiger partial charge in [0.25, 0.3) is 0 Å². The molecule has 1 aromatic rings. The Morgan fingerprint density at radius 1 is 1.33 bits per heavy atom. The lowest BCUT2D eigenvalue weighted by Gasteiger charge is -2.38. The van der Waals surface area contributed by atoms with Crippen molar-refractivity contribution >= 4 is 5.84 Å². The third kappa shape index (κ3) is 3.45. The largest absolute Gasteiger partial charge is 0.394 e. The zero-order valence-electron chi connectivity index (χ0n) is 17.7. The molecular formula is C23H32N6O.